The van der Waals surface area contributed by atoms with Crippen molar-refractivity contribution >= 4 is 5.78 Å². The second kappa shape index (κ2) is 3.41. The van der Waals surface area contributed by atoms with Gasteiger partial charge in [0, 0.05) is 19.4 Å². The summed E-state index contributed by atoms with van der Waals surface area (Å²) in [6.45, 7) is 4.36. The van der Waals surface area contributed by atoms with Crippen LogP contribution < -0.4 is 5.32 Å². The number of nitrogens with one attached hydrogen (secondary N) is 1. The topological polar surface area (TPSA) is 29.1 Å². The highest BCUT2D eigenvalue weighted by Crippen LogP contribution is 2.42. The van der Waals surface area contributed by atoms with E-state index in [1.54, 1.807) is 0 Å². The minimum atomic E-state index is 0.340. The zero-order valence-corrected chi connectivity index (χ0v) is 8.44. The fourth-order valence-electron chi connectivity index (χ4n) is 3.20. The SMILES string of the molecule is CCCC12CNCC(CC(=O)C1)C2. The van der Waals surface area contributed by atoms with Gasteiger partial charge in [0.25, 0.3) is 0 Å². The number of ketones is 1. The van der Waals surface area contributed by atoms with E-state index in [0.717, 1.165) is 25.9 Å². The quantitative estimate of drug-likeness (QED) is 0.703. The molecule has 2 unspecified atom stereocenters. The van der Waals surface area contributed by atoms with Crippen LogP contribution in [0.3, 0.4) is 0 Å². The standard InChI is InChI=1S/C11H19NO/c1-2-3-11-5-9(7-12-8-11)4-10(13)6-11/h9,12H,2-8H2,1H3. The predicted molar refractivity (Wildman–Crippen MR) is 52.6 cm³/mol. The monoisotopic (exact) mass is 181 g/mol. The van der Waals surface area contributed by atoms with Gasteiger partial charge in [-0.05, 0) is 30.7 Å². The summed E-state index contributed by atoms with van der Waals surface area (Å²) in [5.74, 6) is 1.15. The van der Waals surface area contributed by atoms with Crippen molar-refractivity contribution < 1.29 is 4.79 Å². The summed E-state index contributed by atoms with van der Waals surface area (Å²) >= 11 is 0. The first-order valence-corrected chi connectivity index (χ1v) is 5.46. The van der Waals surface area contributed by atoms with E-state index in [0.29, 0.717) is 17.1 Å². The zero-order valence-electron chi connectivity index (χ0n) is 8.44. The second-order valence-corrected chi connectivity index (χ2v) is 4.87. The van der Waals surface area contributed by atoms with Crippen molar-refractivity contribution in [3.8, 4) is 0 Å². The summed E-state index contributed by atoms with van der Waals surface area (Å²) < 4.78 is 0. The van der Waals surface area contributed by atoms with E-state index >= 15 is 0 Å². The molecule has 0 amide bonds. The Morgan fingerprint density at radius 2 is 2.46 bits per heavy atom. The van der Waals surface area contributed by atoms with Gasteiger partial charge >= 0.3 is 0 Å². The molecule has 0 aromatic rings. The Labute approximate surface area is 80.1 Å². The summed E-state index contributed by atoms with van der Waals surface area (Å²) in [6.07, 6.45) is 5.40. The maximum atomic E-state index is 11.5. The van der Waals surface area contributed by atoms with E-state index in [4.69, 9.17) is 0 Å². The van der Waals surface area contributed by atoms with Crippen molar-refractivity contribution in [1.82, 2.24) is 5.32 Å². The molecule has 0 spiro atoms. The van der Waals surface area contributed by atoms with Gasteiger partial charge in [0.15, 0.2) is 0 Å². The lowest BCUT2D eigenvalue weighted by Gasteiger charge is -2.44. The summed E-state index contributed by atoms with van der Waals surface area (Å²) in [5.41, 5.74) is 0.340. The summed E-state index contributed by atoms with van der Waals surface area (Å²) in [4.78, 5) is 11.5. The molecule has 2 heteroatoms. The third kappa shape index (κ3) is 1.78. The Kier molecular flexibility index (Phi) is 2.41. The highest BCUT2D eigenvalue weighted by molar-refractivity contribution is 5.80. The Morgan fingerprint density at radius 1 is 1.62 bits per heavy atom. The van der Waals surface area contributed by atoms with Crippen molar-refractivity contribution in [2.24, 2.45) is 11.3 Å². The van der Waals surface area contributed by atoms with Crippen LogP contribution in [0.1, 0.15) is 39.0 Å². The number of piperidine rings is 1. The van der Waals surface area contributed by atoms with Gasteiger partial charge in [-0.25, -0.2) is 0 Å². The molecule has 2 nitrogen and oxygen atoms in total. The minimum Gasteiger partial charge on any atom is -0.316 e. The van der Waals surface area contributed by atoms with Crippen LogP contribution in [0.4, 0.5) is 0 Å². The van der Waals surface area contributed by atoms with Crippen LogP contribution in [-0.2, 0) is 4.79 Å². The fraction of sp³-hybridized carbons (Fsp3) is 0.909. The third-order valence-corrected chi connectivity index (χ3v) is 3.52. The lowest BCUT2D eigenvalue weighted by atomic mass is 9.65. The number of rotatable bonds is 2. The first kappa shape index (κ1) is 9.20. The van der Waals surface area contributed by atoms with Crippen molar-refractivity contribution in [2.45, 2.75) is 39.0 Å². The maximum Gasteiger partial charge on any atom is 0.133 e. The Balaban J connectivity index is 2.10. The summed E-state index contributed by atoms with van der Waals surface area (Å²) in [5, 5.41) is 3.48. The first-order chi connectivity index (χ1) is 6.24. The molecule has 74 valence electrons. The van der Waals surface area contributed by atoms with Crippen molar-refractivity contribution in [1.29, 1.82) is 0 Å². The smallest absolute Gasteiger partial charge is 0.133 e. The van der Waals surface area contributed by atoms with Crippen LogP contribution >= 0.6 is 0 Å². The Bertz CT molecular complexity index is 210. The molecule has 1 aliphatic carbocycles. The maximum absolute atomic E-state index is 11.5. The molecule has 1 aliphatic heterocycles. The molecule has 2 aliphatic rings. The van der Waals surface area contributed by atoms with Crippen LogP contribution in [0, 0.1) is 11.3 Å². The molecule has 1 N–H and O–H groups in total. The molecule has 1 saturated carbocycles. The number of Topliss-reactive ketones (excluding diaryl/α,β-unsaturated/α-hetero) is 1. The van der Waals surface area contributed by atoms with E-state index in [1.807, 2.05) is 0 Å². The molecule has 2 fully saturated rings. The number of carbonyl (C=O) groups is 1. The molecule has 0 aromatic carbocycles. The van der Waals surface area contributed by atoms with Crippen molar-refractivity contribution in [2.75, 3.05) is 13.1 Å². The van der Waals surface area contributed by atoms with Gasteiger partial charge in [-0.15, -0.1) is 0 Å². The minimum absolute atomic E-state index is 0.340. The van der Waals surface area contributed by atoms with Gasteiger partial charge in [-0.3, -0.25) is 4.79 Å². The first-order valence-electron chi connectivity index (χ1n) is 5.46. The molecule has 1 saturated heterocycles. The largest absolute Gasteiger partial charge is 0.316 e. The van der Waals surface area contributed by atoms with E-state index in [-0.39, 0.29) is 0 Å². The van der Waals surface area contributed by atoms with Gasteiger partial charge in [0.1, 0.15) is 5.78 Å². The third-order valence-electron chi connectivity index (χ3n) is 3.52. The average molecular weight is 181 g/mol. The van der Waals surface area contributed by atoms with Crippen molar-refractivity contribution in [3.05, 3.63) is 0 Å². The lowest BCUT2D eigenvalue weighted by molar-refractivity contribution is -0.127. The van der Waals surface area contributed by atoms with Crippen LogP contribution in [-0.4, -0.2) is 18.9 Å². The number of hydrogen-bond acceptors (Lipinski definition) is 2. The highest BCUT2D eigenvalue weighted by Gasteiger charge is 2.41. The van der Waals surface area contributed by atoms with Crippen LogP contribution in [0.2, 0.25) is 0 Å². The highest BCUT2D eigenvalue weighted by atomic mass is 16.1. The summed E-state index contributed by atoms with van der Waals surface area (Å²) in [7, 11) is 0. The van der Waals surface area contributed by atoms with Crippen molar-refractivity contribution in [3.63, 3.8) is 0 Å². The zero-order chi connectivity index (χ0) is 9.31. The van der Waals surface area contributed by atoms with Crippen LogP contribution in [0.25, 0.3) is 0 Å². The van der Waals surface area contributed by atoms with Crippen LogP contribution in [0.15, 0.2) is 0 Å². The Hall–Kier alpha value is -0.370. The normalized spacial score (nSPS) is 39.2. The molecule has 1 heterocycles. The molecule has 2 rings (SSSR count). The second-order valence-electron chi connectivity index (χ2n) is 4.87. The molecule has 13 heavy (non-hydrogen) atoms. The van der Waals surface area contributed by atoms with Gasteiger partial charge < -0.3 is 5.32 Å². The molecule has 2 atom stereocenters. The summed E-state index contributed by atoms with van der Waals surface area (Å²) in [6, 6.07) is 0. The number of carbonyl (C=O) groups excluding carboxylic acids is 1. The van der Waals surface area contributed by atoms with Gasteiger partial charge in [0.2, 0.25) is 0 Å². The van der Waals surface area contributed by atoms with E-state index in [9.17, 15) is 4.79 Å². The van der Waals surface area contributed by atoms with E-state index in [1.165, 1.54) is 19.3 Å². The van der Waals surface area contributed by atoms with Gasteiger partial charge in [-0.1, -0.05) is 13.3 Å². The number of fused-ring (bicyclic) bond motifs is 2. The predicted octanol–water partition coefficient (Wildman–Crippen LogP) is 1.75. The molecule has 2 bridgehead atoms. The van der Waals surface area contributed by atoms with E-state index in [2.05, 4.69) is 12.2 Å². The van der Waals surface area contributed by atoms with E-state index < -0.39 is 0 Å². The fourth-order valence-corrected chi connectivity index (χ4v) is 3.20. The molecular weight excluding hydrogens is 162 g/mol. The molecule has 0 aromatic heterocycles. The Morgan fingerprint density at radius 3 is 3.23 bits per heavy atom. The van der Waals surface area contributed by atoms with Gasteiger partial charge in [0.05, 0.1) is 0 Å². The number of hydrogen-bond donors (Lipinski definition) is 1. The van der Waals surface area contributed by atoms with Gasteiger partial charge in [-0.2, -0.15) is 0 Å². The lowest BCUT2D eigenvalue weighted by Crippen LogP contribution is -2.49. The average Bonchev–Trinajstić information content (AvgIpc) is 2.02. The molecule has 0 radical (unpaired) electrons. The molecular formula is C11H19NO. The van der Waals surface area contributed by atoms with Crippen LogP contribution in [0.5, 0.6) is 0 Å².